The first kappa shape index (κ1) is 15.9. The maximum absolute atomic E-state index is 6.18. The van der Waals surface area contributed by atoms with Gasteiger partial charge in [-0.2, -0.15) is 0 Å². The van der Waals surface area contributed by atoms with Gasteiger partial charge in [-0.25, -0.2) is 0 Å². The van der Waals surface area contributed by atoms with Gasteiger partial charge in [0.05, 0.1) is 12.2 Å². The third kappa shape index (κ3) is 3.69. The Morgan fingerprint density at radius 2 is 2.00 bits per heavy atom. The van der Waals surface area contributed by atoms with E-state index in [2.05, 4.69) is 33.0 Å². The minimum Gasteiger partial charge on any atom is -0.381 e. The van der Waals surface area contributed by atoms with Crippen molar-refractivity contribution in [3.05, 3.63) is 0 Å². The maximum atomic E-state index is 6.18. The summed E-state index contributed by atoms with van der Waals surface area (Å²) in [6, 6.07) is 0.415. The van der Waals surface area contributed by atoms with Crippen molar-refractivity contribution in [3.63, 3.8) is 0 Å². The first-order chi connectivity index (χ1) is 8.74. The number of rotatable bonds is 8. The van der Waals surface area contributed by atoms with Crippen molar-refractivity contribution < 1.29 is 9.47 Å². The van der Waals surface area contributed by atoms with Crippen molar-refractivity contribution >= 4 is 0 Å². The predicted molar refractivity (Wildman–Crippen MR) is 75.9 cm³/mol. The molecule has 3 nitrogen and oxygen atoms in total. The molecule has 2 atom stereocenters. The van der Waals surface area contributed by atoms with Crippen LogP contribution < -0.4 is 5.32 Å². The van der Waals surface area contributed by atoms with E-state index in [0.29, 0.717) is 12.0 Å². The van der Waals surface area contributed by atoms with E-state index in [-0.39, 0.29) is 5.60 Å². The summed E-state index contributed by atoms with van der Waals surface area (Å²) in [5.41, 5.74) is -0.0316. The SMILES string of the molecule is CCNC(C1CCCOC1)C(CC)(CC)OCC. The van der Waals surface area contributed by atoms with Gasteiger partial charge in [-0.3, -0.25) is 0 Å². The number of ether oxygens (including phenoxy) is 2. The lowest BCUT2D eigenvalue weighted by Gasteiger charge is -2.44. The summed E-state index contributed by atoms with van der Waals surface area (Å²) in [4.78, 5) is 0. The zero-order valence-electron chi connectivity index (χ0n) is 12.6. The molecule has 0 amide bonds. The highest BCUT2D eigenvalue weighted by Gasteiger charge is 2.41. The molecule has 0 aromatic rings. The molecular formula is C15H31NO2. The highest BCUT2D eigenvalue weighted by molar-refractivity contribution is 4.96. The molecule has 1 fully saturated rings. The van der Waals surface area contributed by atoms with Crippen LogP contribution in [0.2, 0.25) is 0 Å². The van der Waals surface area contributed by atoms with Gasteiger partial charge in [0.25, 0.3) is 0 Å². The van der Waals surface area contributed by atoms with Gasteiger partial charge < -0.3 is 14.8 Å². The number of nitrogens with one attached hydrogen (secondary N) is 1. The van der Waals surface area contributed by atoms with E-state index in [1.165, 1.54) is 12.8 Å². The molecule has 108 valence electrons. The van der Waals surface area contributed by atoms with E-state index in [9.17, 15) is 0 Å². The summed E-state index contributed by atoms with van der Waals surface area (Å²) in [5, 5.41) is 3.67. The number of hydrogen-bond donors (Lipinski definition) is 1. The van der Waals surface area contributed by atoms with Crippen LogP contribution in [0.5, 0.6) is 0 Å². The van der Waals surface area contributed by atoms with Crippen molar-refractivity contribution in [1.82, 2.24) is 5.32 Å². The molecule has 1 saturated heterocycles. The standard InChI is InChI=1S/C15H31NO2/c1-5-15(6-2,18-8-4)14(16-7-3)13-10-9-11-17-12-13/h13-14,16H,5-12H2,1-4H3. The van der Waals surface area contributed by atoms with Crippen molar-refractivity contribution in [2.75, 3.05) is 26.4 Å². The Hall–Kier alpha value is -0.120. The largest absolute Gasteiger partial charge is 0.381 e. The fourth-order valence-electron chi connectivity index (χ4n) is 3.30. The second-order valence-electron chi connectivity index (χ2n) is 5.22. The van der Waals surface area contributed by atoms with Crippen LogP contribution in [0.25, 0.3) is 0 Å². The molecule has 0 bridgehead atoms. The summed E-state index contributed by atoms with van der Waals surface area (Å²) in [6.45, 7) is 12.4. The van der Waals surface area contributed by atoms with Gasteiger partial charge in [-0.15, -0.1) is 0 Å². The third-order valence-corrected chi connectivity index (χ3v) is 4.29. The fraction of sp³-hybridized carbons (Fsp3) is 1.00. The molecule has 1 N–H and O–H groups in total. The van der Waals surface area contributed by atoms with Gasteiger partial charge in [-0.05, 0) is 39.2 Å². The molecule has 0 radical (unpaired) electrons. The zero-order chi connectivity index (χ0) is 13.4. The predicted octanol–water partition coefficient (Wildman–Crippen LogP) is 2.99. The van der Waals surface area contributed by atoms with E-state index < -0.39 is 0 Å². The van der Waals surface area contributed by atoms with Crippen LogP contribution in [0, 0.1) is 5.92 Å². The summed E-state index contributed by atoms with van der Waals surface area (Å²) in [7, 11) is 0. The molecular weight excluding hydrogens is 226 g/mol. The Morgan fingerprint density at radius 3 is 2.44 bits per heavy atom. The number of hydrogen-bond acceptors (Lipinski definition) is 3. The van der Waals surface area contributed by atoms with Crippen LogP contribution in [-0.2, 0) is 9.47 Å². The molecule has 1 heterocycles. The zero-order valence-corrected chi connectivity index (χ0v) is 12.6. The van der Waals surface area contributed by atoms with Crippen molar-refractivity contribution in [3.8, 4) is 0 Å². The molecule has 0 aliphatic carbocycles. The van der Waals surface area contributed by atoms with Crippen LogP contribution >= 0.6 is 0 Å². The van der Waals surface area contributed by atoms with Crippen LogP contribution in [0.4, 0.5) is 0 Å². The molecule has 3 heteroatoms. The first-order valence-corrected chi connectivity index (χ1v) is 7.69. The molecule has 0 aromatic heterocycles. The second-order valence-corrected chi connectivity index (χ2v) is 5.22. The summed E-state index contributed by atoms with van der Waals surface area (Å²) in [6.07, 6.45) is 4.56. The molecule has 0 spiro atoms. The lowest BCUT2D eigenvalue weighted by atomic mass is 9.78. The van der Waals surface area contributed by atoms with Crippen molar-refractivity contribution in [1.29, 1.82) is 0 Å². The Morgan fingerprint density at radius 1 is 1.28 bits per heavy atom. The van der Waals surface area contributed by atoms with E-state index >= 15 is 0 Å². The van der Waals surface area contributed by atoms with Gasteiger partial charge >= 0.3 is 0 Å². The molecule has 1 aliphatic rings. The second kappa shape index (κ2) is 8.13. The summed E-state index contributed by atoms with van der Waals surface area (Å²) < 4.78 is 11.9. The Balaban J connectivity index is 2.83. The monoisotopic (exact) mass is 257 g/mol. The smallest absolute Gasteiger partial charge is 0.0832 e. The van der Waals surface area contributed by atoms with Gasteiger partial charge in [0, 0.05) is 25.2 Å². The Bertz CT molecular complexity index is 211. The highest BCUT2D eigenvalue weighted by Crippen LogP contribution is 2.32. The lowest BCUT2D eigenvalue weighted by molar-refractivity contribution is -0.101. The summed E-state index contributed by atoms with van der Waals surface area (Å²) in [5.74, 6) is 0.588. The van der Waals surface area contributed by atoms with E-state index in [0.717, 1.165) is 39.2 Å². The van der Waals surface area contributed by atoms with E-state index in [1.54, 1.807) is 0 Å². The Labute approximate surface area is 113 Å². The summed E-state index contributed by atoms with van der Waals surface area (Å²) >= 11 is 0. The van der Waals surface area contributed by atoms with Gasteiger partial charge in [0.2, 0.25) is 0 Å². The van der Waals surface area contributed by atoms with Crippen LogP contribution in [-0.4, -0.2) is 38.0 Å². The number of likely N-dealkylation sites (N-methyl/N-ethyl adjacent to an activating group) is 1. The minimum atomic E-state index is -0.0316. The molecule has 2 unspecified atom stereocenters. The molecule has 0 aromatic carbocycles. The van der Waals surface area contributed by atoms with Crippen LogP contribution in [0.1, 0.15) is 53.4 Å². The van der Waals surface area contributed by atoms with E-state index in [4.69, 9.17) is 9.47 Å². The topological polar surface area (TPSA) is 30.5 Å². The fourth-order valence-corrected chi connectivity index (χ4v) is 3.30. The molecule has 0 saturated carbocycles. The molecule has 1 aliphatic heterocycles. The van der Waals surface area contributed by atoms with Gasteiger partial charge in [0.1, 0.15) is 0 Å². The maximum Gasteiger partial charge on any atom is 0.0832 e. The van der Waals surface area contributed by atoms with Crippen molar-refractivity contribution in [2.24, 2.45) is 5.92 Å². The van der Waals surface area contributed by atoms with Gasteiger partial charge in [-0.1, -0.05) is 20.8 Å². The lowest BCUT2D eigenvalue weighted by Crippen LogP contribution is -2.57. The normalized spacial score (nSPS) is 23.0. The van der Waals surface area contributed by atoms with Crippen LogP contribution in [0.15, 0.2) is 0 Å². The van der Waals surface area contributed by atoms with E-state index in [1.807, 2.05) is 0 Å². The quantitative estimate of drug-likeness (QED) is 0.725. The molecule has 18 heavy (non-hydrogen) atoms. The third-order valence-electron chi connectivity index (χ3n) is 4.29. The molecule has 1 rings (SSSR count). The van der Waals surface area contributed by atoms with Crippen molar-refractivity contribution in [2.45, 2.75) is 65.0 Å². The average Bonchev–Trinajstić information content (AvgIpc) is 2.44. The van der Waals surface area contributed by atoms with Gasteiger partial charge in [0.15, 0.2) is 0 Å². The first-order valence-electron chi connectivity index (χ1n) is 7.69. The van der Waals surface area contributed by atoms with Crippen LogP contribution in [0.3, 0.4) is 0 Å². The Kier molecular flexibility index (Phi) is 7.20. The minimum absolute atomic E-state index is 0.0316. The highest BCUT2D eigenvalue weighted by atomic mass is 16.5. The average molecular weight is 257 g/mol.